The molecule has 8 heteroatoms. The summed E-state index contributed by atoms with van der Waals surface area (Å²) in [5.74, 6) is -2.31. The molecule has 0 bridgehead atoms. The summed E-state index contributed by atoms with van der Waals surface area (Å²) >= 11 is 1.46. The average molecular weight is 467 g/mol. The number of aromatic nitrogens is 1. The summed E-state index contributed by atoms with van der Waals surface area (Å²) < 4.78 is 30.8. The predicted molar refractivity (Wildman–Crippen MR) is 120 cm³/mol. The Balaban J connectivity index is 1.66. The third-order valence-electron chi connectivity index (χ3n) is 7.07. The Hall–Kier alpha value is -3.13. The Morgan fingerprint density at radius 3 is 2.64 bits per heavy atom. The van der Waals surface area contributed by atoms with E-state index in [1.165, 1.54) is 28.7 Å². The first kappa shape index (κ1) is 20.5. The van der Waals surface area contributed by atoms with Gasteiger partial charge in [-0.3, -0.25) is 19.3 Å². The van der Waals surface area contributed by atoms with Gasteiger partial charge in [0.15, 0.2) is 28.9 Å². The summed E-state index contributed by atoms with van der Waals surface area (Å²) in [5.41, 5.74) is 1.49. The predicted octanol–water partition coefficient (Wildman–Crippen LogP) is 4.45. The van der Waals surface area contributed by atoms with Gasteiger partial charge in [0.1, 0.15) is 0 Å². The number of fused-ring (bicyclic) bond motifs is 3. The van der Waals surface area contributed by atoms with E-state index in [0.29, 0.717) is 24.9 Å². The molecule has 5 nitrogen and oxygen atoms in total. The Kier molecular flexibility index (Phi) is 4.30. The molecule has 0 amide bonds. The molecule has 1 fully saturated rings. The maximum atomic E-state index is 15.0. The summed E-state index contributed by atoms with van der Waals surface area (Å²) in [7, 11) is 0. The van der Waals surface area contributed by atoms with E-state index in [1.54, 1.807) is 6.07 Å². The zero-order valence-corrected chi connectivity index (χ0v) is 18.6. The summed E-state index contributed by atoms with van der Waals surface area (Å²) in [4.78, 5) is 26.4. The van der Waals surface area contributed by atoms with Gasteiger partial charge in [0.05, 0.1) is 11.5 Å². The minimum Gasteiger partial charge on any atom is -0.503 e. The molecule has 3 heterocycles. The maximum absolute atomic E-state index is 15.0. The average Bonchev–Trinajstić information content (AvgIpc) is 3.59. The molecule has 6 rings (SSSR count). The van der Waals surface area contributed by atoms with Crippen molar-refractivity contribution in [1.29, 1.82) is 0 Å². The molecule has 1 unspecified atom stereocenters. The molecule has 3 aromatic rings. The van der Waals surface area contributed by atoms with Gasteiger partial charge in [-0.1, -0.05) is 24.3 Å². The van der Waals surface area contributed by atoms with E-state index in [0.717, 1.165) is 22.1 Å². The van der Waals surface area contributed by atoms with Crippen LogP contribution >= 0.6 is 11.8 Å². The second kappa shape index (κ2) is 6.93. The van der Waals surface area contributed by atoms with Gasteiger partial charge < -0.3 is 5.11 Å². The van der Waals surface area contributed by atoms with Crippen LogP contribution in [0.5, 0.6) is 5.75 Å². The minimum atomic E-state index is -0.898. The molecular formula is C25H20F2N2O3S. The number of ketones is 1. The van der Waals surface area contributed by atoms with Crippen LogP contribution in [0.2, 0.25) is 0 Å². The fourth-order valence-corrected chi connectivity index (χ4v) is 6.36. The summed E-state index contributed by atoms with van der Waals surface area (Å²) in [5, 5.41) is 12.5. The quantitative estimate of drug-likeness (QED) is 0.574. The highest BCUT2D eigenvalue weighted by molar-refractivity contribution is 7.98. The number of nitrogens with zero attached hydrogens (tertiary/aromatic N) is 2. The van der Waals surface area contributed by atoms with Crippen LogP contribution in [-0.4, -0.2) is 22.1 Å². The first-order valence-electron chi connectivity index (χ1n) is 10.8. The molecule has 1 saturated carbocycles. The van der Waals surface area contributed by atoms with Gasteiger partial charge in [-0.05, 0) is 42.5 Å². The number of hydrogen-bond donors (Lipinski definition) is 1. The van der Waals surface area contributed by atoms with E-state index >= 15 is 4.39 Å². The van der Waals surface area contributed by atoms with E-state index in [9.17, 15) is 19.1 Å². The van der Waals surface area contributed by atoms with Gasteiger partial charge >= 0.3 is 0 Å². The minimum absolute atomic E-state index is 0.0403. The van der Waals surface area contributed by atoms with Crippen molar-refractivity contribution in [2.75, 3.05) is 11.6 Å². The number of halogens is 2. The Morgan fingerprint density at radius 2 is 1.88 bits per heavy atom. The Morgan fingerprint density at radius 1 is 1.09 bits per heavy atom. The Bertz CT molecular complexity index is 1410. The highest BCUT2D eigenvalue weighted by Gasteiger charge is 2.56. The van der Waals surface area contributed by atoms with Crippen LogP contribution in [0.15, 0.2) is 52.3 Å². The largest absolute Gasteiger partial charge is 0.503 e. The monoisotopic (exact) mass is 466 g/mol. The summed E-state index contributed by atoms with van der Waals surface area (Å²) in [6.45, 7) is 2.33. The molecule has 0 radical (unpaired) electrons. The van der Waals surface area contributed by atoms with E-state index < -0.39 is 34.3 Å². The van der Waals surface area contributed by atoms with Crippen LogP contribution in [0, 0.1) is 24.0 Å². The molecule has 168 valence electrons. The van der Waals surface area contributed by atoms with E-state index in [-0.39, 0.29) is 22.8 Å². The number of benzene rings is 2. The number of aromatic hydroxyl groups is 1. The van der Waals surface area contributed by atoms with Crippen LogP contribution in [0.4, 0.5) is 8.78 Å². The third-order valence-corrected chi connectivity index (χ3v) is 8.35. The zero-order valence-electron chi connectivity index (χ0n) is 17.8. The number of hydrogen-bond acceptors (Lipinski definition) is 5. The molecule has 1 spiro atoms. The van der Waals surface area contributed by atoms with Gasteiger partial charge in [-0.25, -0.2) is 8.78 Å². The van der Waals surface area contributed by atoms with Gasteiger partial charge in [0, 0.05) is 35.0 Å². The normalized spacial score (nSPS) is 20.2. The molecule has 33 heavy (non-hydrogen) atoms. The first-order valence-corrected chi connectivity index (χ1v) is 11.8. The number of rotatable bonds is 1. The second-order valence-electron chi connectivity index (χ2n) is 9.04. The number of aryl methyl sites for hydroxylation is 1. The van der Waals surface area contributed by atoms with Gasteiger partial charge in [-0.15, -0.1) is 11.8 Å². The smallest absolute Gasteiger partial charge is 0.224 e. The molecular weight excluding hydrogens is 446 g/mol. The van der Waals surface area contributed by atoms with Crippen molar-refractivity contribution in [3.05, 3.63) is 92.4 Å². The number of carbonyl (C=O) groups excluding carboxylic acids is 1. The van der Waals surface area contributed by atoms with Crippen LogP contribution in [-0.2, 0) is 5.75 Å². The Labute approximate surface area is 192 Å². The van der Waals surface area contributed by atoms with E-state index in [2.05, 4.69) is 0 Å². The van der Waals surface area contributed by atoms with Crippen molar-refractivity contribution in [2.24, 2.45) is 5.41 Å². The van der Waals surface area contributed by atoms with Gasteiger partial charge in [0.25, 0.3) is 0 Å². The van der Waals surface area contributed by atoms with E-state index in [4.69, 9.17) is 0 Å². The molecule has 1 aromatic heterocycles. The lowest BCUT2D eigenvalue weighted by atomic mass is 9.89. The van der Waals surface area contributed by atoms with Crippen LogP contribution in [0.1, 0.15) is 51.6 Å². The summed E-state index contributed by atoms with van der Waals surface area (Å²) in [6.07, 6.45) is 2.78. The third kappa shape index (κ3) is 2.83. The maximum Gasteiger partial charge on any atom is 0.224 e. The van der Waals surface area contributed by atoms with Crippen LogP contribution in [0.3, 0.4) is 0 Å². The molecule has 2 aliphatic heterocycles. The summed E-state index contributed by atoms with van der Waals surface area (Å²) in [6, 6.07) is 9.30. The SMILES string of the molecule is Cc1cccc2c1SCc1c(ccc(F)c1F)C2N1CC2(CC2)C(=O)c2c(O)c(=O)ccn21. The number of thioether (sulfide) groups is 1. The van der Waals surface area contributed by atoms with Crippen molar-refractivity contribution in [1.82, 2.24) is 4.68 Å². The van der Waals surface area contributed by atoms with Crippen molar-refractivity contribution in [3.63, 3.8) is 0 Å². The highest BCUT2D eigenvalue weighted by Crippen LogP contribution is 2.54. The topological polar surface area (TPSA) is 62.5 Å². The van der Waals surface area contributed by atoms with Gasteiger partial charge in [0.2, 0.25) is 5.43 Å². The molecule has 2 aromatic carbocycles. The molecule has 3 aliphatic rings. The van der Waals surface area contributed by atoms with Crippen molar-refractivity contribution in [3.8, 4) is 5.75 Å². The standard InChI is InChI=1S/C25H20F2N2O3S/c1-13-3-2-4-15-20(14-5-6-17(26)19(27)16(14)11-33-23(13)15)29-12-25(8-9-25)24(32)21-22(31)18(30)7-10-28(21)29/h2-7,10,20,31H,8-9,11-12H2,1H3. The number of pyridine rings is 1. The van der Waals surface area contributed by atoms with Crippen molar-refractivity contribution in [2.45, 2.75) is 36.5 Å². The number of carbonyl (C=O) groups is 1. The van der Waals surface area contributed by atoms with Crippen molar-refractivity contribution < 1.29 is 18.7 Å². The van der Waals surface area contributed by atoms with Crippen molar-refractivity contribution >= 4 is 17.5 Å². The molecule has 0 saturated heterocycles. The first-order chi connectivity index (χ1) is 15.8. The van der Waals surface area contributed by atoms with Crippen LogP contribution in [0.25, 0.3) is 0 Å². The fraction of sp³-hybridized carbons (Fsp3) is 0.280. The van der Waals surface area contributed by atoms with E-state index in [1.807, 2.05) is 30.1 Å². The molecule has 1 atom stereocenters. The lowest BCUT2D eigenvalue weighted by Gasteiger charge is -2.43. The number of Topliss-reactive ketones (excluding diaryl/α,β-unsaturated/α-hetero) is 1. The fourth-order valence-electron chi connectivity index (χ4n) is 5.13. The lowest BCUT2D eigenvalue weighted by molar-refractivity contribution is 0.0856. The molecule has 1 aliphatic carbocycles. The molecule has 1 N–H and O–H groups in total. The van der Waals surface area contributed by atoms with Crippen LogP contribution < -0.4 is 10.4 Å². The highest BCUT2D eigenvalue weighted by atomic mass is 32.2. The van der Waals surface area contributed by atoms with Gasteiger partial charge in [-0.2, -0.15) is 0 Å². The zero-order chi connectivity index (χ0) is 23.1. The lowest BCUT2D eigenvalue weighted by Crippen LogP contribution is -2.51. The second-order valence-corrected chi connectivity index (χ2v) is 10.0.